The molecule has 84 valence electrons. The first-order valence-corrected chi connectivity index (χ1v) is 5.33. The fourth-order valence-corrected chi connectivity index (χ4v) is 0.978. The lowest BCUT2D eigenvalue weighted by molar-refractivity contribution is 0.00586. The molecule has 2 N–H and O–H groups in total. The van der Waals surface area contributed by atoms with E-state index in [4.69, 9.17) is 14.9 Å². The van der Waals surface area contributed by atoms with Crippen LogP contribution in [0.2, 0.25) is 0 Å². The summed E-state index contributed by atoms with van der Waals surface area (Å²) >= 11 is 0. The second-order valence-electron chi connectivity index (χ2n) is 3.31. The Labute approximate surface area is 86.4 Å². The predicted octanol–water partition coefficient (Wildman–Crippen LogP) is 1.49. The molecule has 0 radical (unpaired) electrons. The van der Waals surface area contributed by atoms with E-state index in [1.165, 1.54) is 6.42 Å². The number of aliphatic hydroxyl groups is 2. The van der Waals surface area contributed by atoms with Gasteiger partial charge in [0.05, 0.1) is 13.2 Å². The van der Waals surface area contributed by atoms with E-state index in [0.717, 1.165) is 19.3 Å². The van der Waals surface area contributed by atoms with Gasteiger partial charge in [0.2, 0.25) is 0 Å². The molecule has 0 aliphatic rings. The van der Waals surface area contributed by atoms with Crippen LogP contribution in [-0.4, -0.2) is 36.1 Å². The summed E-state index contributed by atoms with van der Waals surface area (Å²) in [6.07, 6.45) is 7.94. The topological polar surface area (TPSA) is 49.7 Å². The summed E-state index contributed by atoms with van der Waals surface area (Å²) in [5, 5.41) is 17.4. The van der Waals surface area contributed by atoms with Crippen LogP contribution >= 0.6 is 0 Å². The second kappa shape index (κ2) is 10.7. The number of hydrogen-bond donors (Lipinski definition) is 2. The van der Waals surface area contributed by atoms with Crippen molar-refractivity contribution in [1.82, 2.24) is 0 Å². The van der Waals surface area contributed by atoms with E-state index < -0.39 is 6.10 Å². The Bertz CT molecular complexity index is 134. The van der Waals surface area contributed by atoms with Gasteiger partial charge in [0.1, 0.15) is 6.10 Å². The fourth-order valence-electron chi connectivity index (χ4n) is 0.978. The van der Waals surface area contributed by atoms with E-state index in [1.807, 2.05) is 0 Å². The van der Waals surface area contributed by atoms with E-state index in [-0.39, 0.29) is 13.2 Å². The molecule has 1 unspecified atom stereocenters. The van der Waals surface area contributed by atoms with Crippen molar-refractivity contribution < 1.29 is 14.9 Å². The Hall–Kier alpha value is -0.380. The van der Waals surface area contributed by atoms with Gasteiger partial charge in [-0.2, -0.15) is 0 Å². The Morgan fingerprint density at radius 1 is 1.29 bits per heavy atom. The minimum absolute atomic E-state index is 0.226. The number of ether oxygens (including phenoxy) is 1. The zero-order valence-electron chi connectivity index (χ0n) is 8.98. The largest absolute Gasteiger partial charge is 0.394 e. The molecule has 0 heterocycles. The number of hydrogen-bond acceptors (Lipinski definition) is 3. The van der Waals surface area contributed by atoms with Crippen LogP contribution in [0, 0.1) is 0 Å². The molecule has 0 spiro atoms. The predicted molar refractivity (Wildman–Crippen MR) is 57.2 cm³/mol. The summed E-state index contributed by atoms with van der Waals surface area (Å²) in [4.78, 5) is 0. The molecule has 0 aliphatic heterocycles. The van der Waals surface area contributed by atoms with Crippen molar-refractivity contribution in [2.45, 2.75) is 38.7 Å². The normalized spacial score (nSPS) is 13.6. The summed E-state index contributed by atoms with van der Waals surface area (Å²) < 4.78 is 5.15. The van der Waals surface area contributed by atoms with Crippen LogP contribution in [0.1, 0.15) is 32.6 Å². The minimum Gasteiger partial charge on any atom is -0.394 e. The van der Waals surface area contributed by atoms with Crippen LogP contribution in [0.3, 0.4) is 0 Å². The third-order valence-corrected chi connectivity index (χ3v) is 1.80. The van der Waals surface area contributed by atoms with Gasteiger partial charge >= 0.3 is 0 Å². The number of rotatable bonds is 9. The number of aliphatic hydroxyl groups excluding tert-OH is 2. The Balaban J connectivity index is 3.06. The second-order valence-corrected chi connectivity index (χ2v) is 3.31. The summed E-state index contributed by atoms with van der Waals surface area (Å²) in [6.45, 7) is 2.81. The maximum atomic E-state index is 8.94. The number of allylic oxidation sites excluding steroid dienone is 2. The monoisotopic (exact) mass is 202 g/mol. The van der Waals surface area contributed by atoms with Gasteiger partial charge in [-0.05, 0) is 19.3 Å². The van der Waals surface area contributed by atoms with Crippen molar-refractivity contribution >= 4 is 0 Å². The molecule has 0 aromatic rings. The van der Waals surface area contributed by atoms with Crippen LogP contribution in [0.15, 0.2) is 12.2 Å². The summed E-state index contributed by atoms with van der Waals surface area (Å²) in [5.74, 6) is 0. The van der Waals surface area contributed by atoms with Gasteiger partial charge in [0, 0.05) is 6.61 Å². The highest BCUT2D eigenvalue weighted by Crippen LogP contribution is 1.96. The molecular weight excluding hydrogens is 180 g/mol. The standard InChI is InChI=1S/C11H22O3/c1-2-3-4-5-6-7-8-14-10-11(13)9-12/h4-5,11-13H,2-3,6-10H2,1H3/b5-4+. The van der Waals surface area contributed by atoms with Crippen molar-refractivity contribution in [3.8, 4) is 0 Å². The van der Waals surface area contributed by atoms with Gasteiger partial charge < -0.3 is 14.9 Å². The first kappa shape index (κ1) is 13.6. The average molecular weight is 202 g/mol. The van der Waals surface area contributed by atoms with Crippen LogP contribution < -0.4 is 0 Å². The van der Waals surface area contributed by atoms with Gasteiger partial charge in [0.15, 0.2) is 0 Å². The Morgan fingerprint density at radius 2 is 2.00 bits per heavy atom. The molecule has 0 aromatic heterocycles. The lowest BCUT2D eigenvalue weighted by atomic mass is 10.2. The molecule has 0 fully saturated rings. The van der Waals surface area contributed by atoms with Crippen LogP contribution in [0.5, 0.6) is 0 Å². The first-order valence-electron chi connectivity index (χ1n) is 5.33. The molecule has 0 rings (SSSR count). The molecule has 0 saturated heterocycles. The first-order chi connectivity index (χ1) is 6.81. The van der Waals surface area contributed by atoms with Gasteiger partial charge in [-0.25, -0.2) is 0 Å². The molecule has 1 atom stereocenters. The van der Waals surface area contributed by atoms with E-state index in [0.29, 0.717) is 6.61 Å². The third kappa shape index (κ3) is 9.71. The number of unbranched alkanes of at least 4 members (excludes halogenated alkanes) is 2. The van der Waals surface area contributed by atoms with Crippen molar-refractivity contribution in [2.75, 3.05) is 19.8 Å². The smallest absolute Gasteiger partial charge is 0.100 e. The van der Waals surface area contributed by atoms with E-state index in [9.17, 15) is 0 Å². The van der Waals surface area contributed by atoms with Crippen LogP contribution in [-0.2, 0) is 4.74 Å². The Morgan fingerprint density at radius 3 is 2.64 bits per heavy atom. The van der Waals surface area contributed by atoms with E-state index >= 15 is 0 Å². The summed E-state index contributed by atoms with van der Waals surface area (Å²) in [5.41, 5.74) is 0. The van der Waals surface area contributed by atoms with Crippen LogP contribution in [0.25, 0.3) is 0 Å². The van der Waals surface area contributed by atoms with Gasteiger partial charge in [0.25, 0.3) is 0 Å². The van der Waals surface area contributed by atoms with Gasteiger partial charge in [-0.15, -0.1) is 0 Å². The lowest BCUT2D eigenvalue weighted by Crippen LogP contribution is -2.19. The molecule has 0 saturated carbocycles. The fraction of sp³-hybridized carbons (Fsp3) is 0.818. The molecular formula is C11H22O3. The van der Waals surface area contributed by atoms with E-state index in [1.54, 1.807) is 0 Å². The minimum atomic E-state index is -0.731. The van der Waals surface area contributed by atoms with Crippen molar-refractivity contribution in [3.63, 3.8) is 0 Å². The van der Waals surface area contributed by atoms with Crippen molar-refractivity contribution in [2.24, 2.45) is 0 Å². The summed E-state index contributed by atoms with van der Waals surface area (Å²) in [6, 6.07) is 0. The molecule has 3 heteroatoms. The average Bonchev–Trinajstić information content (AvgIpc) is 2.21. The molecule has 3 nitrogen and oxygen atoms in total. The quantitative estimate of drug-likeness (QED) is 0.440. The van der Waals surface area contributed by atoms with Crippen molar-refractivity contribution in [1.29, 1.82) is 0 Å². The van der Waals surface area contributed by atoms with Crippen LogP contribution in [0.4, 0.5) is 0 Å². The molecule has 14 heavy (non-hydrogen) atoms. The van der Waals surface area contributed by atoms with E-state index in [2.05, 4.69) is 19.1 Å². The maximum Gasteiger partial charge on any atom is 0.100 e. The highest BCUT2D eigenvalue weighted by Gasteiger charge is 1.99. The maximum absolute atomic E-state index is 8.94. The molecule has 0 bridgehead atoms. The third-order valence-electron chi connectivity index (χ3n) is 1.80. The lowest BCUT2D eigenvalue weighted by Gasteiger charge is -2.06. The zero-order valence-corrected chi connectivity index (χ0v) is 8.98. The molecule has 0 aliphatic carbocycles. The summed E-state index contributed by atoms with van der Waals surface area (Å²) in [7, 11) is 0. The highest BCUT2D eigenvalue weighted by molar-refractivity contribution is 4.80. The van der Waals surface area contributed by atoms with Crippen molar-refractivity contribution in [3.05, 3.63) is 12.2 Å². The molecule has 0 aromatic carbocycles. The highest BCUT2D eigenvalue weighted by atomic mass is 16.5. The SMILES string of the molecule is CCC/C=C/CCCOCC(O)CO. The van der Waals surface area contributed by atoms with Gasteiger partial charge in [-0.3, -0.25) is 0 Å². The Kier molecular flexibility index (Phi) is 10.4. The van der Waals surface area contributed by atoms with Gasteiger partial charge in [-0.1, -0.05) is 25.5 Å². The zero-order chi connectivity index (χ0) is 10.6. The molecule has 0 amide bonds.